The summed E-state index contributed by atoms with van der Waals surface area (Å²) in [5.41, 5.74) is 0. The van der Waals surface area contributed by atoms with Gasteiger partial charge < -0.3 is 55.1 Å². The summed E-state index contributed by atoms with van der Waals surface area (Å²) in [5, 5.41) is 76.8. The lowest BCUT2D eigenvalue weighted by Gasteiger charge is -2.45. The monoisotopic (exact) mass is 342 g/mol. The summed E-state index contributed by atoms with van der Waals surface area (Å²) in [6, 6.07) is 0. The van der Waals surface area contributed by atoms with Crippen LogP contribution in [-0.2, 0) is 14.2 Å². The first-order valence-electron chi connectivity index (χ1n) is 7.08. The van der Waals surface area contributed by atoms with E-state index in [4.69, 9.17) is 24.4 Å². The van der Waals surface area contributed by atoms with Gasteiger partial charge in [0, 0.05) is 0 Å². The number of aliphatic hydroxyl groups excluding tert-OH is 8. The van der Waals surface area contributed by atoms with E-state index in [0.717, 1.165) is 0 Å². The first kappa shape index (κ1) is 18.9. The van der Waals surface area contributed by atoms with Crippen LogP contribution in [0.1, 0.15) is 0 Å². The summed E-state index contributed by atoms with van der Waals surface area (Å²) in [4.78, 5) is 0. The van der Waals surface area contributed by atoms with E-state index in [2.05, 4.69) is 0 Å². The molecular weight excluding hydrogens is 320 g/mol. The molecule has 0 aromatic rings. The molecule has 0 aromatic heterocycles. The van der Waals surface area contributed by atoms with Crippen LogP contribution in [0.15, 0.2) is 0 Å². The third-order valence-corrected chi connectivity index (χ3v) is 3.98. The number of aliphatic hydroxyl groups is 8. The Labute approximate surface area is 130 Å². The molecule has 0 radical (unpaired) electrons. The molecule has 0 saturated carbocycles. The minimum Gasteiger partial charge on any atom is -0.394 e. The van der Waals surface area contributed by atoms with Crippen LogP contribution in [0, 0.1) is 0 Å². The zero-order valence-corrected chi connectivity index (χ0v) is 12.0. The molecule has 2 fully saturated rings. The van der Waals surface area contributed by atoms with Gasteiger partial charge in [0.15, 0.2) is 12.6 Å². The molecule has 2 heterocycles. The molecule has 0 spiro atoms. The van der Waals surface area contributed by atoms with Crippen LogP contribution >= 0.6 is 0 Å². The summed E-state index contributed by atoms with van der Waals surface area (Å²) in [6.07, 6.45) is -15.7. The van der Waals surface area contributed by atoms with Crippen molar-refractivity contribution in [3.8, 4) is 0 Å². The first-order chi connectivity index (χ1) is 10.8. The third-order valence-electron chi connectivity index (χ3n) is 3.98. The summed E-state index contributed by atoms with van der Waals surface area (Å²) in [7, 11) is 0. The fourth-order valence-electron chi connectivity index (χ4n) is 2.56. The lowest BCUT2D eigenvalue weighted by atomic mass is 9.97. The van der Waals surface area contributed by atoms with E-state index in [-0.39, 0.29) is 0 Å². The highest BCUT2D eigenvalue weighted by molar-refractivity contribution is 4.93. The van der Waals surface area contributed by atoms with Crippen LogP contribution in [0.3, 0.4) is 0 Å². The molecule has 10 atom stereocenters. The van der Waals surface area contributed by atoms with Gasteiger partial charge >= 0.3 is 0 Å². The highest BCUT2D eigenvalue weighted by Gasteiger charge is 2.50. The fraction of sp³-hybridized carbons (Fsp3) is 1.00. The summed E-state index contributed by atoms with van der Waals surface area (Å²) in [5.74, 6) is 0. The van der Waals surface area contributed by atoms with Crippen molar-refractivity contribution in [3.05, 3.63) is 0 Å². The summed E-state index contributed by atoms with van der Waals surface area (Å²) < 4.78 is 15.1. The van der Waals surface area contributed by atoms with Crippen molar-refractivity contribution in [2.75, 3.05) is 13.2 Å². The standard InChI is InChI=1S/C12H22O11/c13-1-3-5(15)7(17)8(18)12(22-3)23-10-6(16)4(2-14)21-11(20)9(10)19/h3-20H,1-2H2/t3-,4+,5+,6+,7+,8-,9-,10+,11-,12-/m1/s1. The van der Waals surface area contributed by atoms with Crippen molar-refractivity contribution in [1.82, 2.24) is 0 Å². The third kappa shape index (κ3) is 3.65. The van der Waals surface area contributed by atoms with Crippen LogP contribution < -0.4 is 0 Å². The van der Waals surface area contributed by atoms with Crippen molar-refractivity contribution in [1.29, 1.82) is 0 Å². The Morgan fingerprint density at radius 2 is 1.22 bits per heavy atom. The Balaban J connectivity index is 2.11. The maximum Gasteiger partial charge on any atom is 0.187 e. The zero-order valence-electron chi connectivity index (χ0n) is 12.0. The average Bonchev–Trinajstić information content (AvgIpc) is 2.54. The van der Waals surface area contributed by atoms with Crippen LogP contribution in [0.4, 0.5) is 0 Å². The van der Waals surface area contributed by atoms with Gasteiger partial charge in [0.2, 0.25) is 0 Å². The van der Waals surface area contributed by atoms with E-state index in [1.807, 2.05) is 0 Å². The largest absolute Gasteiger partial charge is 0.394 e. The molecule has 8 N–H and O–H groups in total. The Kier molecular flexibility index (Phi) is 6.27. The van der Waals surface area contributed by atoms with Gasteiger partial charge in [0.05, 0.1) is 13.2 Å². The summed E-state index contributed by atoms with van der Waals surface area (Å²) in [6.45, 7) is -1.34. The molecule has 0 aliphatic carbocycles. The second-order valence-corrected chi connectivity index (χ2v) is 5.53. The molecule has 2 rings (SSSR count). The van der Waals surface area contributed by atoms with Gasteiger partial charge in [-0.3, -0.25) is 0 Å². The molecule has 136 valence electrons. The molecular formula is C12H22O11. The average molecular weight is 342 g/mol. The van der Waals surface area contributed by atoms with Crippen molar-refractivity contribution >= 4 is 0 Å². The van der Waals surface area contributed by atoms with E-state index in [9.17, 15) is 30.6 Å². The van der Waals surface area contributed by atoms with Crippen molar-refractivity contribution < 1.29 is 55.1 Å². The van der Waals surface area contributed by atoms with Gasteiger partial charge in [0.25, 0.3) is 0 Å². The van der Waals surface area contributed by atoms with E-state index < -0.39 is 74.6 Å². The Bertz CT molecular complexity index is 380. The maximum absolute atomic E-state index is 10.00. The van der Waals surface area contributed by atoms with Crippen molar-refractivity contribution in [3.63, 3.8) is 0 Å². The molecule has 0 bridgehead atoms. The second-order valence-electron chi connectivity index (χ2n) is 5.53. The van der Waals surface area contributed by atoms with Crippen LogP contribution in [0.25, 0.3) is 0 Å². The molecule has 23 heavy (non-hydrogen) atoms. The topological polar surface area (TPSA) is 190 Å². The van der Waals surface area contributed by atoms with Gasteiger partial charge in [-0.25, -0.2) is 0 Å². The smallest absolute Gasteiger partial charge is 0.187 e. The van der Waals surface area contributed by atoms with E-state index in [1.54, 1.807) is 0 Å². The van der Waals surface area contributed by atoms with Gasteiger partial charge in [-0.1, -0.05) is 0 Å². The molecule has 11 nitrogen and oxygen atoms in total. The molecule has 0 unspecified atom stereocenters. The summed E-state index contributed by atoms with van der Waals surface area (Å²) >= 11 is 0. The molecule has 2 aliphatic heterocycles. The number of hydrogen-bond donors (Lipinski definition) is 8. The van der Waals surface area contributed by atoms with Crippen LogP contribution in [0.2, 0.25) is 0 Å². The molecule has 0 amide bonds. The Morgan fingerprint density at radius 3 is 1.78 bits per heavy atom. The quantitative estimate of drug-likeness (QED) is 0.243. The first-order valence-corrected chi connectivity index (χ1v) is 7.08. The second kappa shape index (κ2) is 7.63. The number of ether oxygens (including phenoxy) is 3. The van der Waals surface area contributed by atoms with Gasteiger partial charge in [0.1, 0.15) is 48.8 Å². The minimum atomic E-state index is -1.76. The van der Waals surface area contributed by atoms with Gasteiger partial charge in [-0.2, -0.15) is 0 Å². The molecule has 2 aliphatic rings. The fourth-order valence-corrected chi connectivity index (χ4v) is 2.56. The lowest BCUT2D eigenvalue weighted by molar-refractivity contribution is -0.355. The highest BCUT2D eigenvalue weighted by Crippen LogP contribution is 2.28. The van der Waals surface area contributed by atoms with Crippen LogP contribution in [0.5, 0.6) is 0 Å². The SMILES string of the molecule is OC[C@@H]1O[C@@H](O)[C@H](O)[C@@H](O[C@H]2O[C@H](CO)[C@H](O)[C@H](O)[C@H]2O)[C@H]1O. The maximum atomic E-state index is 10.00. The molecule has 0 aromatic carbocycles. The minimum absolute atomic E-state index is 0.667. The van der Waals surface area contributed by atoms with Gasteiger partial charge in [-0.05, 0) is 0 Å². The number of rotatable bonds is 4. The molecule has 11 heteroatoms. The van der Waals surface area contributed by atoms with Crippen molar-refractivity contribution in [2.45, 2.75) is 61.4 Å². The van der Waals surface area contributed by atoms with Crippen LogP contribution in [-0.4, -0.2) is 115 Å². The predicted octanol–water partition coefficient (Wildman–Crippen LogP) is -5.40. The molecule has 2 saturated heterocycles. The van der Waals surface area contributed by atoms with E-state index in [0.29, 0.717) is 0 Å². The van der Waals surface area contributed by atoms with E-state index >= 15 is 0 Å². The van der Waals surface area contributed by atoms with Gasteiger partial charge in [-0.15, -0.1) is 0 Å². The normalized spacial score (nSPS) is 51.7. The zero-order chi connectivity index (χ0) is 17.3. The Hall–Kier alpha value is -0.440. The number of hydrogen-bond acceptors (Lipinski definition) is 11. The predicted molar refractivity (Wildman–Crippen MR) is 68.6 cm³/mol. The Morgan fingerprint density at radius 1 is 0.652 bits per heavy atom. The lowest BCUT2D eigenvalue weighted by Crippen LogP contribution is -2.64. The highest BCUT2D eigenvalue weighted by atomic mass is 16.7. The van der Waals surface area contributed by atoms with E-state index in [1.165, 1.54) is 0 Å². The van der Waals surface area contributed by atoms with Crippen molar-refractivity contribution in [2.24, 2.45) is 0 Å².